The highest BCUT2D eigenvalue weighted by Crippen LogP contribution is 2.37. The molecule has 4 rings (SSSR count). The molecule has 1 aliphatic rings. The van der Waals surface area contributed by atoms with E-state index < -0.39 is 18.0 Å². The molecule has 1 heterocycles. The SMILES string of the molecule is CCOc1cc(C2NC(=O)NC(c3ccccc3)=C2C(=O)OC)ccc1OCc1ccc(Cl)cc1. The van der Waals surface area contributed by atoms with Gasteiger partial charge in [0, 0.05) is 5.02 Å². The summed E-state index contributed by atoms with van der Waals surface area (Å²) in [5.74, 6) is 0.484. The fraction of sp³-hybridized carbons (Fsp3) is 0.185. The van der Waals surface area contributed by atoms with Crippen LogP contribution in [0.3, 0.4) is 0 Å². The van der Waals surface area contributed by atoms with Gasteiger partial charge in [0.15, 0.2) is 11.5 Å². The molecular formula is C27H25ClN2O5. The number of carbonyl (C=O) groups excluding carboxylic acids is 2. The van der Waals surface area contributed by atoms with Crippen molar-refractivity contribution < 1.29 is 23.8 Å². The highest BCUT2D eigenvalue weighted by molar-refractivity contribution is 6.30. The monoisotopic (exact) mass is 492 g/mol. The maximum Gasteiger partial charge on any atom is 0.338 e. The van der Waals surface area contributed by atoms with Crippen molar-refractivity contribution in [3.63, 3.8) is 0 Å². The molecule has 180 valence electrons. The average Bonchev–Trinajstić information content (AvgIpc) is 2.88. The van der Waals surface area contributed by atoms with E-state index in [1.165, 1.54) is 7.11 Å². The van der Waals surface area contributed by atoms with Crippen molar-refractivity contribution >= 4 is 29.3 Å². The van der Waals surface area contributed by atoms with Crippen molar-refractivity contribution in [2.75, 3.05) is 13.7 Å². The summed E-state index contributed by atoms with van der Waals surface area (Å²) >= 11 is 5.96. The van der Waals surface area contributed by atoms with Crippen LogP contribution in [0.4, 0.5) is 4.79 Å². The zero-order valence-electron chi connectivity index (χ0n) is 19.3. The molecule has 0 spiro atoms. The fourth-order valence-electron chi connectivity index (χ4n) is 3.81. The Balaban J connectivity index is 1.71. The van der Waals surface area contributed by atoms with Crippen molar-refractivity contribution in [2.45, 2.75) is 19.6 Å². The third kappa shape index (κ3) is 5.58. The number of carbonyl (C=O) groups is 2. The smallest absolute Gasteiger partial charge is 0.338 e. The van der Waals surface area contributed by atoms with Crippen LogP contribution in [0.25, 0.3) is 5.70 Å². The summed E-state index contributed by atoms with van der Waals surface area (Å²) in [5, 5.41) is 6.24. The van der Waals surface area contributed by atoms with E-state index in [4.69, 9.17) is 25.8 Å². The van der Waals surface area contributed by atoms with Gasteiger partial charge in [-0.2, -0.15) is 0 Å². The third-order valence-electron chi connectivity index (χ3n) is 5.45. The Kier molecular flexibility index (Phi) is 7.57. The summed E-state index contributed by atoms with van der Waals surface area (Å²) < 4.78 is 16.9. The van der Waals surface area contributed by atoms with Gasteiger partial charge in [-0.3, -0.25) is 0 Å². The number of esters is 1. The second-order valence-corrected chi connectivity index (χ2v) is 8.17. The summed E-state index contributed by atoms with van der Waals surface area (Å²) in [7, 11) is 1.31. The molecule has 0 saturated heterocycles. The first-order chi connectivity index (χ1) is 17.0. The van der Waals surface area contributed by atoms with Crippen molar-refractivity contribution in [3.8, 4) is 11.5 Å². The summed E-state index contributed by atoms with van der Waals surface area (Å²) in [4.78, 5) is 25.4. The zero-order chi connectivity index (χ0) is 24.8. The second kappa shape index (κ2) is 11.0. The van der Waals surface area contributed by atoms with Crippen LogP contribution >= 0.6 is 11.6 Å². The first kappa shape index (κ1) is 24.2. The Labute approximate surface area is 208 Å². The van der Waals surface area contributed by atoms with E-state index in [0.717, 1.165) is 5.56 Å². The lowest BCUT2D eigenvalue weighted by Crippen LogP contribution is -2.45. The molecule has 1 atom stereocenters. The van der Waals surface area contributed by atoms with E-state index in [1.807, 2.05) is 49.4 Å². The molecule has 0 fully saturated rings. The Hall–Kier alpha value is -3.97. The van der Waals surface area contributed by atoms with Crippen molar-refractivity contribution in [1.29, 1.82) is 0 Å². The van der Waals surface area contributed by atoms with Gasteiger partial charge in [-0.1, -0.05) is 60.1 Å². The van der Waals surface area contributed by atoms with E-state index in [-0.39, 0.29) is 5.57 Å². The van der Waals surface area contributed by atoms with Crippen LogP contribution in [-0.2, 0) is 16.1 Å². The lowest BCUT2D eigenvalue weighted by molar-refractivity contribution is -0.136. The van der Waals surface area contributed by atoms with Crippen molar-refractivity contribution in [2.24, 2.45) is 0 Å². The number of benzene rings is 3. The summed E-state index contributed by atoms with van der Waals surface area (Å²) in [5.41, 5.74) is 2.98. The number of ether oxygens (including phenoxy) is 3. The van der Waals surface area contributed by atoms with Crippen LogP contribution in [-0.4, -0.2) is 25.7 Å². The van der Waals surface area contributed by atoms with E-state index >= 15 is 0 Å². The molecule has 8 heteroatoms. The van der Waals surface area contributed by atoms with E-state index in [2.05, 4.69) is 10.6 Å². The maximum absolute atomic E-state index is 12.9. The number of nitrogens with one attached hydrogen (secondary N) is 2. The van der Waals surface area contributed by atoms with Crippen LogP contribution < -0.4 is 20.1 Å². The topological polar surface area (TPSA) is 85.9 Å². The van der Waals surface area contributed by atoms with Gasteiger partial charge in [-0.15, -0.1) is 0 Å². The van der Waals surface area contributed by atoms with Gasteiger partial charge in [0.2, 0.25) is 0 Å². The summed E-state index contributed by atoms with van der Waals surface area (Å²) in [6, 6.07) is 20.7. The average molecular weight is 493 g/mol. The van der Waals surface area contributed by atoms with Crippen LogP contribution in [0.2, 0.25) is 5.02 Å². The predicted octanol–water partition coefficient (Wildman–Crippen LogP) is 5.26. The molecule has 3 aromatic rings. The molecule has 3 aromatic carbocycles. The van der Waals surface area contributed by atoms with E-state index in [0.29, 0.717) is 46.6 Å². The summed E-state index contributed by atoms with van der Waals surface area (Å²) in [6.07, 6.45) is 0. The maximum atomic E-state index is 12.9. The van der Waals surface area contributed by atoms with Gasteiger partial charge in [0.25, 0.3) is 0 Å². The number of halogens is 1. The molecule has 0 bridgehead atoms. The minimum atomic E-state index is -0.754. The molecule has 0 aromatic heterocycles. The molecule has 7 nitrogen and oxygen atoms in total. The van der Waals surface area contributed by atoms with Gasteiger partial charge >= 0.3 is 12.0 Å². The first-order valence-electron chi connectivity index (χ1n) is 11.1. The van der Waals surface area contributed by atoms with Crippen LogP contribution in [0.15, 0.2) is 78.4 Å². The Morgan fingerprint density at radius 3 is 2.40 bits per heavy atom. The molecule has 0 radical (unpaired) electrons. The molecule has 1 unspecified atom stereocenters. The second-order valence-electron chi connectivity index (χ2n) is 7.73. The van der Waals surface area contributed by atoms with Gasteiger partial charge < -0.3 is 24.8 Å². The number of rotatable bonds is 8. The van der Waals surface area contributed by atoms with Gasteiger partial charge in [0.05, 0.1) is 31.0 Å². The normalized spacial score (nSPS) is 15.2. The number of hydrogen-bond donors (Lipinski definition) is 2. The standard InChI is InChI=1S/C27H25ClN2O5/c1-3-34-22-15-19(11-14-21(22)35-16-17-9-12-20(28)13-10-17)25-23(26(31)33-2)24(29-27(32)30-25)18-7-5-4-6-8-18/h4-15,25H,3,16H2,1-2H3,(H2,29,30,32). The third-order valence-corrected chi connectivity index (χ3v) is 5.70. The van der Waals surface area contributed by atoms with E-state index in [1.54, 1.807) is 30.3 Å². The minimum Gasteiger partial charge on any atom is -0.490 e. The predicted molar refractivity (Wildman–Crippen MR) is 133 cm³/mol. The number of hydrogen-bond acceptors (Lipinski definition) is 5. The lowest BCUT2D eigenvalue weighted by atomic mass is 9.92. The van der Waals surface area contributed by atoms with E-state index in [9.17, 15) is 9.59 Å². The van der Waals surface area contributed by atoms with Crippen LogP contribution in [0.1, 0.15) is 29.7 Å². The molecule has 2 amide bonds. The van der Waals surface area contributed by atoms with Crippen LogP contribution in [0.5, 0.6) is 11.5 Å². The van der Waals surface area contributed by atoms with Gasteiger partial charge in [0.1, 0.15) is 6.61 Å². The molecule has 0 aliphatic carbocycles. The summed E-state index contributed by atoms with van der Waals surface area (Å²) in [6.45, 7) is 2.61. The molecule has 35 heavy (non-hydrogen) atoms. The quantitative estimate of drug-likeness (QED) is 0.419. The Morgan fingerprint density at radius 2 is 1.71 bits per heavy atom. The highest BCUT2D eigenvalue weighted by atomic mass is 35.5. The van der Waals surface area contributed by atoms with Gasteiger partial charge in [-0.05, 0) is 47.9 Å². The fourth-order valence-corrected chi connectivity index (χ4v) is 3.94. The lowest BCUT2D eigenvalue weighted by Gasteiger charge is -2.29. The van der Waals surface area contributed by atoms with Crippen molar-refractivity contribution in [1.82, 2.24) is 10.6 Å². The van der Waals surface area contributed by atoms with Gasteiger partial charge in [-0.25, -0.2) is 9.59 Å². The molecular weight excluding hydrogens is 468 g/mol. The number of urea groups is 1. The Bertz CT molecular complexity index is 1240. The molecule has 0 saturated carbocycles. The number of amides is 2. The van der Waals surface area contributed by atoms with Crippen LogP contribution in [0, 0.1) is 0 Å². The largest absolute Gasteiger partial charge is 0.490 e. The number of methoxy groups -OCH3 is 1. The molecule has 2 N–H and O–H groups in total. The van der Waals surface area contributed by atoms with Crippen molar-refractivity contribution in [3.05, 3.63) is 100 Å². The molecule has 1 aliphatic heterocycles. The highest BCUT2D eigenvalue weighted by Gasteiger charge is 2.34. The minimum absolute atomic E-state index is 0.288. The first-order valence-corrected chi connectivity index (χ1v) is 11.5. The Morgan fingerprint density at radius 1 is 0.971 bits per heavy atom. The zero-order valence-corrected chi connectivity index (χ0v) is 20.1.